The van der Waals surface area contributed by atoms with Crippen molar-refractivity contribution in [1.29, 1.82) is 0 Å². The summed E-state index contributed by atoms with van der Waals surface area (Å²) >= 11 is 0. The second kappa shape index (κ2) is 8.87. The highest BCUT2D eigenvalue weighted by molar-refractivity contribution is 5.79. The zero-order valence-electron chi connectivity index (χ0n) is 15.8. The van der Waals surface area contributed by atoms with Crippen molar-refractivity contribution in [3.8, 4) is 5.75 Å². The summed E-state index contributed by atoms with van der Waals surface area (Å²) in [5.74, 6) is 1.48. The predicted molar refractivity (Wildman–Crippen MR) is 102 cm³/mol. The molecule has 26 heavy (non-hydrogen) atoms. The number of nitrogens with two attached hydrogens (primary N) is 1. The van der Waals surface area contributed by atoms with E-state index in [0.29, 0.717) is 25.6 Å². The Bertz CT molecular complexity index is 581. The van der Waals surface area contributed by atoms with Crippen LogP contribution in [0, 0.1) is 11.8 Å². The van der Waals surface area contributed by atoms with Crippen LogP contribution in [0.15, 0.2) is 24.3 Å². The summed E-state index contributed by atoms with van der Waals surface area (Å²) in [6.07, 6.45) is 5.00. The van der Waals surface area contributed by atoms with E-state index in [1.807, 2.05) is 19.1 Å². The highest BCUT2D eigenvalue weighted by atomic mass is 16.5. The molecular weight excluding hydrogens is 328 g/mol. The highest BCUT2D eigenvalue weighted by Crippen LogP contribution is 2.36. The summed E-state index contributed by atoms with van der Waals surface area (Å²) in [5, 5.41) is 3.26. The van der Waals surface area contributed by atoms with Gasteiger partial charge in [-0.2, -0.15) is 0 Å². The molecule has 3 rings (SSSR count). The van der Waals surface area contributed by atoms with Crippen LogP contribution in [-0.4, -0.2) is 38.8 Å². The Morgan fingerprint density at radius 3 is 2.65 bits per heavy atom. The lowest BCUT2D eigenvalue weighted by atomic mass is 9.74. The minimum Gasteiger partial charge on any atom is -0.494 e. The molecule has 1 amide bonds. The Balaban J connectivity index is 1.70. The van der Waals surface area contributed by atoms with Gasteiger partial charge in [-0.05, 0) is 62.8 Å². The maximum absolute atomic E-state index is 12.8. The second-order valence-corrected chi connectivity index (χ2v) is 7.60. The minimum atomic E-state index is -0.0600. The van der Waals surface area contributed by atoms with Crippen LogP contribution in [0.25, 0.3) is 0 Å². The van der Waals surface area contributed by atoms with Crippen LogP contribution in [-0.2, 0) is 14.9 Å². The maximum Gasteiger partial charge on any atom is 0.223 e. The Labute approximate surface area is 156 Å². The van der Waals surface area contributed by atoms with Gasteiger partial charge in [0, 0.05) is 31.1 Å². The van der Waals surface area contributed by atoms with Crippen molar-refractivity contribution in [1.82, 2.24) is 5.32 Å². The molecule has 1 saturated carbocycles. The van der Waals surface area contributed by atoms with E-state index < -0.39 is 0 Å². The Kier molecular flexibility index (Phi) is 6.54. The number of amides is 1. The molecule has 0 aromatic heterocycles. The van der Waals surface area contributed by atoms with Gasteiger partial charge in [0.1, 0.15) is 5.75 Å². The fourth-order valence-electron chi connectivity index (χ4n) is 4.45. The van der Waals surface area contributed by atoms with Gasteiger partial charge in [0.25, 0.3) is 0 Å². The average molecular weight is 360 g/mol. The molecule has 3 N–H and O–H groups in total. The van der Waals surface area contributed by atoms with E-state index in [4.69, 9.17) is 15.2 Å². The van der Waals surface area contributed by atoms with Gasteiger partial charge in [-0.15, -0.1) is 0 Å². The number of benzene rings is 1. The van der Waals surface area contributed by atoms with Gasteiger partial charge in [0.05, 0.1) is 6.61 Å². The van der Waals surface area contributed by atoms with Crippen LogP contribution in [0.1, 0.15) is 44.6 Å². The van der Waals surface area contributed by atoms with Crippen LogP contribution in [0.5, 0.6) is 5.75 Å². The number of carbonyl (C=O) groups excluding carboxylic acids is 1. The lowest BCUT2D eigenvalue weighted by molar-refractivity contribution is -0.126. The first-order valence-electron chi connectivity index (χ1n) is 9.97. The molecule has 2 atom stereocenters. The molecule has 5 heteroatoms. The predicted octanol–water partition coefficient (Wildman–Crippen LogP) is 2.62. The van der Waals surface area contributed by atoms with Crippen molar-refractivity contribution < 1.29 is 14.3 Å². The number of hydrogen-bond donors (Lipinski definition) is 2. The van der Waals surface area contributed by atoms with Gasteiger partial charge < -0.3 is 20.5 Å². The Morgan fingerprint density at radius 1 is 1.27 bits per heavy atom. The van der Waals surface area contributed by atoms with Gasteiger partial charge in [-0.25, -0.2) is 0 Å². The van der Waals surface area contributed by atoms with Crippen LogP contribution < -0.4 is 15.8 Å². The van der Waals surface area contributed by atoms with E-state index in [1.165, 1.54) is 5.56 Å². The fraction of sp³-hybridized carbons (Fsp3) is 0.667. The highest BCUT2D eigenvalue weighted by Gasteiger charge is 2.37. The molecule has 1 heterocycles. The summed E-state index contributed by atoms with van der Waals surface area (Å²) in [5.41, 5.74) is 7.04. The molecule has 144 valence electrons. The van der Waals surface area contributed by atoms with E-state index in [1.54, 1.807) is 0 Å². The summed E-state index contributed by atoms with van der Waals surface area (Å²) < 4.78 is 11.2. The topological polar surface area (TPSA) is 73.6 Å². The second-order valence-electron chi connectivity index (χ2n) is 7.60. The van der Waals surface area contributed by atoms with Crippen LogP contribution >= 0.6 is 0 Å². The molecule has 0 spiro atoms. The minimum absolute atomic E-state index is 0.0600. The van der Waals surface area contributed by atoms with Crippen molar-refractivity contribution in [2.45, 2.75) is 44.4 Å². The summed E-state index contributed by atoms with van der Waals surface area (Å²) in [6, 6.07) is 8.33. The third-order valence-electron chi connectivity index (χ3n) is 6.13. The average Bonchev–Trinajstić information content (AvgIpc) is 3.17. The van der Waals surface area contributed by atoms with Crippen molar-refractivity contribution in [3.63, 3.8) is 0 Å². The van der Waals surface area contributed by atoms with E-state index >= 15 is 0 Å². The standard InChI is InChI=1S/C21H32N2O3/c1-2-26-18-8-6-17(7-9-18)21(10-12-25-13-11-21)15-23-20(24)19-5-3-4-16(19)14-22/h6-9,16,19H,2-5,10-15,22H2,1H3,(H,23,24)/t16-,19-/m1/s1. The Hall–Kier alpha value is -1.59. The van der Waals surface area contributed by atoms with Gasteiger partial charge in [-0.3, -0.25) is 4.79 Å². The molecule has 2 fully saturated rings. The van der Waals surface area contributed by atoms with E-state index in [2.05, 4.69) is 17.4 Å². The van der Waals surface area contributed by atoms with Crippen LogP contribution in [0.4, 0.5) is 0 Å². The maximum atomic E-state index is 12.8. The number of carbonyl (C=O) groups is 1. The molecule has 1 aromatic rings. The SMILES string of the molecule is CCOc1ccc(C2(CNC(=O)[C@@H]3CCC[C@@H]3CN)CCOCC2)cc1. The quantitative estimate of drug-likeness (QED) is 0.784. The van der Waals surface area contributed by atoms with Crippen molar-refractivity contribution >= 4 is 5.91 Å². The van der Waals surface area contributed by atoms with Crippen molar-refractivity contribution in [2.24, 2.45) is 17.6 Å². The molecule has 1 saturated heterocycles. The van der Waals surface area contributed by atoms with E-state index in [-0.39, 0.29) is 17.2 Å². The molecule has 0 radical (unpaired) electrons. The molecule has 0 unspecified atom stereocenters. The molecular formula is C21H32N2O3. The zero-order chi connectivity index (χ0) is 18.4. The lowest BCUT2D eigenvalue weighted by Gasteiger charge is -2.38. The Morgan fingerprint density at radius 2 is 2.00 bits per heavy atom. The number of hydrogen-bond acceptors (Lipinski definition) is 4. The van der Waals surface area contributed by atoms with Gasteiger partial charge in [0.2, 0.25) is 5.91 Å². The number of rotatable bonds is 7. The first kappa shape index (κ1) is 19.2. The molecule has 0 bridgehead atoms. The normalized spacial score (nSPS) is 25.0. The molecule has 1 aliphatic carbocycles. The summed E-state index contributed by atoms with van der Waals surface area (Å²) in [7, 11) is 0. The first-order chi connectivity index (χ1) is 12.7. The van der Waals surface area contributed by atoms with E-state index in [0.717, 1.165) is 51.1 Å². The lowest BCUT2D eigenvalue weighted by Crippen LogP contribution is -2.46. The molecule has 5 nitrogen and oxygen atoms in total. The smallest absolute Gasteiger partial charge is 0.223 e. The number of ether oxygens (including phenoxy) is 2. The summed E-state index contributed by atoms with van der Waals surface area (Å²) in [4.78, 5) is 12.8. The third-order valence-corrected chi connectivity index (χ3v) is 6.13. The first-order valence-corrected chi connectivity index (χ1v) is 9.97. The third kappa shape index (κ3) is 4.21. The molecule has 2 aliphatic rings. The molecule has 1 aromatic carbocycles. The summed E-state index contributed by atoms with van der Waals surface area (Å²) in [6.45, 7) is 5.39. The fourth-order valence-corrected chi connectivity index (χ4v) is 4.45. The van der Waals surface area contributed by atoms with Gasteiger partial charge >= 0.3 is 0 Å². The van der Waals surface area contributed by atoms with Crippen molar-refractivity contribution in [2.75, 3.05) is 32.9 Å². The van der Waals surface area contributed by atoms with Crippen LogP contribution in [0.2, 0.25) is 0 Å². The van der Waals surface area contributed by atoms with Crippen LogP contribution in [0.3, 0.4) is 0 Å². The van der Waals surface area contributed by atoms with Gasteiger partial charge in [0.15, 0.2) is 0 Å². The van der Waals surface area contributed by atoms with Crippen molar-refractivity contribution in [3.05, 3.63) is 29.8 Å². The number of nitrogens with one attached hydrogen (secondary N) is 1. The monoisotopic (exact) mass is 360 g/mol. The largest absolute Gasteiger partial charge is 0.494 e. The van der Waals surface area contributed by atoms with Gasteiger partial charge in [-0.1, -0.05) is 18.6 Å². The molecule has 1 aliphatic heterocycles. The zero-order valence-corrected chi connectivity index (χ0v) is 15.8. The van der Waals surface area contributed by atoms with E-state index in [9.17, 15) is 4.79 Å².